The highest BCUT2D eigenvalue weighted by atomic mass is 32.1. The highest BCUT2D eigenvalue weighted by Crippen LogP contribution is 2.28. The number of nitrogens with two attached hydrogens (primary N) is 1. The molecule has 0 bridgehead atoms. The summed E-state index contributed by atoms with van der Waals surface area (Å²) in [6, 6.07) is 0. The van der Waals surface area contributed by atoms with E-state index in [1.54, 1.807) is 18.4 Å². The molecule has 0 aliphatic carbocycles. The van der Waals surface area contributed by atoms with Gasteiger partial charge in [0.1, 0.15) is 5.01 Å². The number of methoxy groups -OCH3 is 1. The summed E-state index contributed by atoms with van der Waals surface area (Å²) < 4.78 is 5.02. The van der Waals surface area contributed by atoms with Crippen LogP contribution in [-0.4, -0.2) is 12.1 Å². The van der Waals surface area contributed by atoms with E-state index in [0.29, 0.717) is 6.61 Å². The van der Waals surface area contributed by atoms with E-state index in [9.17, 15) is 0 Å². The molecule has 0 aromatic carbocycles. The maximum atomic E-state index is 6.23. The van der Waals surface area contributed by atoms with Crippen molar-refractivity contribution in [3.63, 3.8) is 0 Å². The molecule has 0 aliphatic rings. The van der Waals surface area contributed by atoms with Gasteiger partial charge in [0.05, 0.1) is 17.8 Å². The first-order chi connectivity index (χ1) is 6.66. The van der Waals surface area contributed by atoms with Gasteiger partial charge in [-0.25, -0.2) is 4.98 Å². The zero-order valence-electron chi connectivity index (χ0n) is 9.04. The fraction of sp³-hybridized carbons (Fsp3) is 0.700. The lowest BCUT2D eigenvalue weighted by Crippen LogP contribution is -2.34. The second kappa shape index (κ2) is 4.87. The average Bonchev–Trinajstić information content (AvgIpc) is 2.66. The predicted molar refractivity (Wildman–Crippen MR) is 59.3 cm³/mol. The van der Waals surface area contributed by atoms with E-state index in [2.05, 4.69) is 18.8 Å². The topological polar surface area (TPSA) is 48.1 Å². The Labute approximate surface area is 89.3 Å². The van der Waals surface area contributed by atoms with Crippen LogP contribution >= 0.6 is 11.3 Å². The van der Waals surface area contributed by atoms with E-state index in [4.69, 9.17) is 10.5 Å². The number of rotatable bonds is 5. The number of hydrogen-bond acceptors (Lipinski definition) is 4. The lowest BCUT2D eigenvalue weighted by molar-refractivity contribution is 0.181. The molecule has 80 valence electrons. The number of thiazole rings is 1. The molecule has 4 heteroatoms. The van der Waals surface area contributed by atoms with Gasteiger partial charge in [-0.3, -0.25) is 0 Å². The number of nitrogens with zero attached hydrogens (tertiary/aromatic N) is 1. The first kappa shape index (κ1) is 11.6. The van der Waals surface area contributed by atoms with Gasteiger partial charge < -0.3 is 10.5 Å². The largest absolute Gasteiger partial charge is 0.378 e. The summed E-state index contributed by atoms with van der Waals surface area (Å²) in [5, 5.41) is 3.04. The molecule has 2 N–H and O–H groups in total. The first-order valence-corrected chi connectivity index (χ1v) is 5.77. The molecule has 0 spiro atoms. The lowest BCUT2D eigenvalue weighted by Gasteiger charge is -2.23. The van der Waals surface area contributed by atoms with Gasteiger partial charge in [0.15, 0.2) is 0 Å². The molecule has 1 rings (SSSR count). The van der Waals surface area contributed by atoms with Crippen molar-refractivity contribution in [2.75, 3.05) is 7.11 Å². The van der Waals surface area contributed by atoms with Crippen LogP contribution in [0.25, 0.3) is 0 Å². The van der Waals surface area contributed by atoms with E-state index in [0.717, 1.165) is 23.5 Å². The van der Waals surface area contributed by atoms with Gasteiger partial charge >= 0.3 is 0 Å². The minimum Gasteiger partial charge on any atom is -0.378 e. The fourth-order valence-corrected chi connectivity index (χ4v) is 2.36. The fourth-order valence-electron chi connectivity index (χ4n) is 1.30. The molecule has 0 unspecified atom stereocenters. The van der Waals surface area contributed by atoms with Crippen LogP contribution in [0.15, 0.2) is 5.38 Å². The summed E-state index contributed by atoms with van der Waals surface area (Å²) in [5.41, 5.74) is 6.96. The zero-order chi connectivity index (χ0) is 10.6. The highest BCUT2D eigenvalue weighted by molar-refractivity contribution is 7.09. The molecule has 0 saturated carbocycles. The van der Waals surface area contributed by atoms with Crippen LogP contribution in [0.2, 0.25) is 0 Å². The van der Waals surface area contributed by atoms with E-state index < -0.39 is 0 Å². The normalized spacial score (nSPS) is 12.0. The Morgan fingerprint density at radius 1 is 1.50 bits per heavy atom. The quantitative estimate of drug-likeness (QED) is 0.818. The lowest BCUT2D eigenvalue weighted by atomic mass is 9.95. The Bertz CT molecular complexity index is 281. The van der Waals surface area contributed by atoms with Crippen molar-refractivity contribution in [1.29, 1.82) is 0 Å². The van der Waals surface area contributed by atoms with Crippen LogP contribution in [-0.2, 0) is 16.9 Å². The second-order valence-corrected chi connectivity index (χ2v) is 4.30. The summed E-state index contributed by atoms with van der Waals surface area (Å²) in [7, 11) is 1.67. The van der Waals surface area contributed by atoms with Crippen LogP contribution in [0.4, 0.5) is 0 Å². The third-order valence-electron chi connectivity index (χ3n) is 2.53. The molecule has 0 fully saturated rings. The van der Waals surface area contributed by atoms with Crippen molar-refractivity contribution in [3.8, 4) is 0 Å². The van der Waals surface area contributed by atoms with E-state index >= 15 is 0 Å². The minimum atomic E-state index is -0.253. The molecule has 14 heavy (non-hydrogen) atoms. The van der Waals surface area contributed by atoms with Crippen LogP contribution in [0, 0.1) is 0 Å². The first-order valence-electron chi connectivity index (χ1n) is 4.89. The molecule has 1 heterocycles. The van der Waals surface area contributed by atoms with Crippen LogP contribution in [0.5, 0.6) is 0 Å². The summed E-state index contributed by atoms with van der Waals surface area (Å²) in [4.78, 5) is 4.48. The summed E-state index contributed by atoms with van der Waals surface area (Å²) in [6.07, 6.45) is 1.84. The Morgan fingerprint density at radius 2 is 2.14 bits per heavy atom. The van der Waals surface area contributed by atoms with Crippen molar-refractivity contribution >= 4 is 11.3 Å². The van der Waals surface area contributed by atoms with Gasteiger partial charge in [-0.2, -0.15) is 0 Å². The minimum absolute atomic E-state index is 0.253. The number of hydrogen-bond donors (Lipinski definition) is 1. The van der Waals surface area contributed by atoms with Crippen LogP contribution in [0.3, 0.4) is 0 Å². The maximum Gasteiger partial charge on any atom is 0.113 e. The van der Waals surface area contributed by atoms with Crippen LogP contribution < -0.4 is 5.73 Å². The average molecular weight is 214 g/mol. The standard InChI is InChI=1S/C10H18N2OS/c1-4-10(11,5-2)9-12-8(6-13-3)7-14-9/h7H,4-6,11H2,1-3H3. The molecule has 0 radical (unpaired) electrons. The second-order valence-electron chi connectivity index (χ2n) is 3.44. The monoisotopic (exact) mass is 214 g/mol. The van der Waals surface area contributed by atoms with Gasteiger partial charge in [-0.1, -0.05) is 13.8 Å². The van der Waals surface area contributed by atoms with E-state index in [-0.39, 0.29) is 5.54 Å². The molecule has 0 aliphatic heterocycles. The van der Waals surface area contributed by atoms with Gasteiger partial charge in [-0.05, 0) is 12.8 Å². The SMILES string of the molecule is CCC(N)(CC)c1nc(COC)cs1. The zero-order valence-corrected chi connectivity index (χ0v) is 9.86. The maximum absolute atomic E-state index is 6.23. The third-order valence-corrected chi connectivity index (χ3v) is 3.64. The van der Waals surface area contributed by atoms with Crippen molar-refractivity contribution in [3.05, 3.63) is 16.1 Å². The van der Waals surface area contributed by atoms with E-state index in [1.807, 2.05) is 5.38 Å². The Balaban J connectivity index is 2.84. The Kier molecular flexibility index (Phi) is 4.04. The van der Waals surface area contributed by atoms with Gasteiger partial charge in [0.2, 0.25) is 0 Å². The Morgan fingerprint density at radius 3 is 2.64 bits per heavy atom. The van der Waals surface area contributed by atoms with Crippen molar-refractivity contribution in [1.82, 2.24) is 4.98 Å². The van der Waals surface area contributed by atoms with Crippen molar-refractivity contribution in [2.45, 2.75) is 38.8 Å². The predicted octanol–water partition coefficient (Wildman–Crippen LogP) is 2.26. The summed E-state index contributed by atoms with van der Waals surface area (Å²) in [6.45, 7) is 4.77. The number of ether oxygens (including phenoxy) is 1. The third kappa shape index (κ3) is 2.32. The molecule has 1 aromatic heterocycles. The van der Waals surface area contributed by atoms with Crippen molar-refractivity contribution < 1.29 is 4.74 Å². The van der Waals surface area contributed by atoms with Gasteiger partial charge in [-0.15, -0.1) is 11.3 Å². The summed E-state index contributed by atoms with van der Waals surface area (Å²) in [5.74, 6) is 0. The molecular formula is C10H18N2OS. The molecule has 3 nitrogen and oxygen atoms in total. The molecule has 0 amide bonds. The van der Waals surface area contributed by atoms with Gasteiger partial charge in [0, 0.05) is 12.5 Å². The van der Waals surface area contributed by atoms with E-state index in [1.165, 1.54) is 0 Å². The molecule has 1 aromatic rings. The Hall–Kier alpha value is -0.450. The highest BCUT2D eigenvalue weighted by Gasteiger charge is 2.26. The molecule has 0 atom stereocenters. The molecular weight excluding hydrogens is 196 g/mol. The van der Waals surface area contributed by atoms with Gasteiger partial charge in [0.25, 0.3) is 0 Å². The molecule has 0 saturated heterocycles. The summed E-state index contributed by atoms with van der Waals surface area (Å²) >= 11 is 1.63. The number of aromatic nitrogens is 1. The smallest absolute Gasteiger partial charge is 0.113 e. The van der Waals surface area contributed by atoms with Crippen molar-refractivity contribution in [2.24, 2.45) is 5.73 Å². The van der Waals surface area contributed by atoms with Crippen LogP contribution in [0.1, 0.15) is 37.4 Å².